The molecule has 1 aliphatic heterocycles. The van der Waals surface area contributed by atoms with E-state index in [0.717, 1.165) is 50.1 Å². The second-order valence-electron chi connectivity index (χ2n) is 9.52. The van der Waals surface area contributed by atoms with Crippen molar-refractivity contribution in [3.63, 3.8) is 0 Å². The molecule has 2 aliphatic carbocycles. The predicted octanol–water partition coefficient (Wildman–Crippen LogP) is 7.27. The van der Waals surface area contributed by atoms with Crippen LogP contribution in [0.2, 0.25) is 0 Å². The molecule has 1 heterocycles. The van der Waals surface area contributed by atoms with Crippen molar-refractivity contribution < 1.29 is 0 Å². The molecule has 0 spiro atoms. The summed E-state index contributed by atoms with van der Waals surface area (Å²) in [6.07, 6.45) is 20.5. The highest BCUT2D eigenvalue weighted by atomic mass is 15.2. The minimum Gasteiger partial charge on any atom is -0.372 e. The molecule has 176 valence electrons. The van der Waals surface area contributed by atoms with Crippen LogP contribution in [-0.2, 0) is 0 Å². The summed E-state index contributed by atoms with van der Waals surface area (Å²) in [5, 5.41) is 3.44. The Kier molecular flexibility index (Phi) is 12.3. The fourth-order valence-electron chi connectivity index (χ4n) is 5.03. The number of nitrogens with one attached hydrogen (secondary N) is 1. The van der Waals surface area contributed by atoms with Gasteiger partial charge < -0.3 is 10.2 Å². The van der Waals surface area contributed by atoms with Crippen molar-refractivity contribution in [2.24, 2.45) is 16.8 Å². The Bertz CT molecular complexity index is 622. The van der Waals surface area contributed by atoms with Gasteiger partial charge >= 0.3 is 0 Å². The molecular weight excluding hydrogens is 378 g/mol. The smallest absolute Gasteiger partial charge is 0.0464 e. The van der Waals surface area contributed by atoms with E-state index in [1.165, 1.54) is 74.6 Å². The van der Waals surface area contributed by atoms with E-state index in [1.807, 2.05) is 6.20 Å². The Labute approximate surface area is 193 Å². The fourth-order valence-corrected chi connectivity index (χ4v) is 5.03. The quantitative estimate of drug-likeness (QED) is 0.326. The Morgan fingerprint density at radius 2 is 1.68 bits per heavy atom. The lowest BCUT2D eigenvalue weighted by molar-refractivity contribution is 0.298. The third kappa shape index (κ3) is 8.96. The van der Waals surface area contributed by atoms with Crippen LogP contribution in [0.4, 0.5) is 0 Å². The van der Waals surface area contributed by atoms with E-state index >= 15 is 0 Å². The van der Waals surface area contributed by atoms with Gasteiger partial charge in [0.1, 0.15) is 0 Å². The first kappa shape index (κ1) is 25.9. The number of piperazine rings is 1. The van der Waals surface area contributed by atoms with E-state index < -0.39 is 0 Å². The number of hydrogen-bond acceptors (Lipinski definition) is 3. The van der Waals surface area contributed by atoms with Gasteiger partial charge in [0, 0.05) is 49.4 Å². The molecule has 3 rings (SSSR count). The van der Waals surface area contributed by atoms with Crippen LogP contribution in [0.3, 0.4) is 0 Å². The van der Waals surface area contributed by atoms with Gasteiger partial charge in [-0.3, -0.25) is 4.99 Å². The molecule has 0 aromatic carbocycles. The molecule has 1 saturated heterocycles. The molecule has 3 aliphatic rings. The van der Waals surface area contributed by atoms with Crippen molar-refractivity contribution in [1.82, 2.24) is 10.2 Å². The highest BCUT2D eigenvalue weighted by Gasteiger charge is 2.30. The van der Waals surface area contributed by atoms with E-state index in [2.05, 4.69) is 57.0 Å². The van der Waals surface area contributed by atoms with Crippen LogP contribution in [0.15, 0.2) is 40.2 Å². The van der Waals surface area contributed by atoms with E-state index in [4.69, 9.17) is 4.99 Å². The van der Waals surface area contributed by atoms with Crippen molar-refractivity contribution in [1.29, 1.82) is 0 Å². The molecule has 31 heavy (non-hydrogen) atoms. The van der Waals surface area contributed by atoms with Crippen LogP contribution in [0.25, 0.3) is 0 Å². The third-order valence-electron chi connectivity index (χ3n) is 6.96. The summed E-state index contributed by atoms with van der Waals surface area (Å²) in [5.41, 5.74) is 5.43. The van der Waals surface area contributed by atoms with Crippen LogP contribution in [0.1, 0.15) is 98.8 Å². The summed E-state index contributed by atoms with van der Waals surface area (Å²) in [6.45, 7) is 15.4. The van der Waals surface area contributed by atoms with Gasteiger partial charge in [-0.2, -0.15) is 0 Å². The summed E-state index contributed by atoms with van der Waals surface area (Å²) in [4.78, 5) is 7.22. The van der Waals surface area contributed by atoms with Gasteiger partial charge in [0.25, 0.3) is 0 Å². The Morgan fingerprint density at radius 3 is 2.23 bits per heavy atom. The summed E-state index contributed by atoms with van der Waals surface area (Å²) in [5.74, 6) is 1.85. The maximum Gasteiger partial charge on any atom is 0.0464 e. The lowest BCUT2D eigenvalue weighted by atomic mass is 9.86. The largest absolute Gasteiger partial charge is 0.372 e. The number of aliphatic imine (C=N–C) groups is 1. The highest BCUT2D eigenvalue weighted by molar-refractivity contribution is 6.03. The molecule has 0 amide bonds. The Hall–Kier alpha value is -1.35. The number of nitrogens with zero attached hydrogens (tertiary/aromatic N) is 2. The van der Waals surface area contributed by atoms with E-state index in [9.17, 15) is 0 Å². The van der Waals surface area contributed by atoms with Crippen LogP contribution in [-0.4, -0.2) is 36.8 Å². The first-order chi connectivity index (χ1) is 15.1. The molecule has 0 atom stereocenters. The minimum atomic E-state index is 0.748. The molecular formula is C28H49N3. The van der Waals surface area contributed by atoms with Gasteiger partial charge in [-0.15, -0.1) is 0 Å². The van der Waals surface area contributed by atoms with Gasteiger partial charge in [0.15, 0.2) is 0 Å². The molecule has 3 nitrogen and oxygen atoms in total. The molecule has 2 saturated carbocycles. The second-order valence-corrected chi connectivity index (χ2v) is 9.52. The van der Waals surface area contributed by atoms with Gasteiger partial charge in [-0.25, -0.2) is 0 Å². The molecule has 3 fully saturated rings. The summed E-state index contributed by atoms with van der Waals surface area (Å²) in [6, 6.07) is 0. The molecule has 3 heteroatoms. The number of rotatable bonds is 8. The van der Waals surface area contributed by atoms with Crippen LogP contribution < -0.4 is 5.32 Å². The average Bonchev–Trinajstić information content (AvgIpc) is 3.64. The van der Waals surface area contributed by atoms with Gasteiger partial charge in [-0.1, -0.05) is 70.9 Å². The van der Waals surface area contributed by atoms with Crippen LogP contribution in [0, 0.1) is 11.8 Å². The van der Waals surface area contributed by atoms with E-state index in [1.54, 1.807) is 0 Å². The van der Waals surface area contributed by atoms with Crippen molar-refractivity contribution in [2.45, 2.75) is 98.8 Å². The third-order valence-corrected chi connectivity index (χ3v) is 6.96. The zero-order chi connectivity index (χ0) is 22.5. The van der Waals surface area contributed by atoms with Crippen molar-refractivity contribution in [3.8, 4) is 0 Å². The van der Waals surface area contributed by atoms with Crippen LogP contribution in [0.5, 0.6) is 0 Å². The normalized spacial score (nSPS) is 22.3. The Morgan fingerprint density at radius 1 is 1.00 bits per heavy atom. The van der Waals surface area contributed by atoms with Crippen LogP contribution >= 0.6 is 0 Å². The summed E-state index contributed by atoms with van der Waals surface area (Å²) >= 11 is 0. The maximum atomic E-state index is 4.70. The molecule has 0 aromatic rings. The molecule has 0 radical (unpaired) electrons. The highest BCUT2D eigenvalue weighted by Crippen LogP contribution is 2.41. The lowest BCUT2D eigenvalue weighted by Crippen LogP contribution is -2.43. The van der Waals surface area contributed by atoms with E-state index in [-0.39, 0.29) is 0 Å². The van der Waals surface area contributed by atoms with Crippen molar-refractivity contribution >= 4 is 5.71 Å². The SMILES string of the molecule is CCCC1CCCCC1.C\C=C(C(/C(C)=N/C=C/CC)=C(/C)N1CCNCC1)\C1CC1. The molecule has 0 bridgehead atoms. The standard InChI is InChI=1S/C19H31N3.C9H18/c1-5-7-10-21-15(3)19(18(6-2)17-8-9-17)16(4)22-13-11-20-12-14-22;1-2-6-9-7-4-3-5-8-9/h6-7,10,17,20H,5,8-9,11-14H2,1-4H3;9H,2-8H2,1H3/b10-7+,18-6-,19-16-,21-15+;. The fraction of sp³-hybridized carbons (Fsp3) is 0.750. The monoisotopic (exact) mass is 427 g/mol. The van der Waals surface area contributed by atoms with Crippen molar-refractivity contribution in [3.05, 3.63) is 35.2 Å². The van der Waals surface area contributed by atoms with Crippen molar-refractivity contribution in [2.75, 3.05) is 26.2 Å². The van der Waals surface area contributed by atoms with Gasteiger partial charge in [0.2, 0.25) is 0 Å². The second kappa shape index (κ2) is 14.7. The van der Waals surface area contributed by atoms with E-state index in [0.29, 0.717) is 0 Å². The van der Waals surface area contributed by atoms with Gasteiger partial charge in [-0.05, 0) is 57.4 Å². The topological polar surface area (TPSA) is 27.6 Å². The molecule has 1 N–H and O–H groups in total. The Balaban J connectivity index is 0.000000316. The first-order valence-electron chi connectivity index (χ1n) is 13.1. The molecule has 0 unspecified atom stereocenters. The van der Waals surface area contributed by atoms with Gasteiger partial charge in [0.05, 0.1) is 0 Å². The maximum absolute atomic E-state index is 4.70. The predicted molar refractivity (Wildman–Crippen MR) is 138 cm³/mol. The zero-order valence-corrected chi connectivity index (χ0v) is 21.2. The average molecular weight is 428 g/mol. The number of hydrogen-bond donors (Lipinski definition) is 1. The minimum absolute atomic E-state index is 0.748. The lowest BCUT2D eigenvalue weighted by Gasteiger charge is -2.32. The number of allylic oxidation sites excluding steroid dienone is 5. The zero-order valence-electron chi connectivity index (χ0n) is 21.2. The first-order valence-corrected chi connectivity index (χ1v) is 13.1. The summed E-state index contributed by atoms with van der Waals surface area (Å²) in [7, 11) is 0. The summed E-state index contributed by atoms with van der Waals surface area (Å²) < 4.78 is 0. The molecule has 0 aromatic heterocycles.